The molecule has 22 heavy (non-hydrogen) atoms. The van der Waals surface area contributed by atoms with Gasteiger partial charge >= 0.3 is 5.97 Å². The van der Waals surface area contributed by atoms with Crippen LogP contribution in [-0.2, 0) is 22.5 Å². The minimum absolute atomic E-state index is 0.149. The number of benzene rings is 1. The number of hydrogen-bond donors (Lipinski definition) is 2. The van der Waals surface area contributed by atoms with Crippen molar-refractivity contribution in [3.63, 3.8) is 0 Å². The molecule has 1 atom stereocenters. The highest BCUT2D eigenvalue weighted by atomic mass is 16.5. The van der Waals surface area contributed by atoms with Gasteiger partial charge in [0.25, 0.3) is 0 Å². The molecule has 1 aliphatic rings. The maximum atomic E-state index is 11.5. The van der Waals surface area contributed by atoms with Gasteiger partial charge in [-0.1, -0.05) is 26.0 Å². The van der Waals surface area contributed by atoms with E-state index in [-0.39, 0.29) is 12.5 Å². The van der Waals surface area contributed by atoms with Crippen molar-refractivity contribution in [3.05, 3.63) is 29.3 Å². The van der Waals surface area contributed by atoms with Gasteiger partial charge in [0.1, 0.15) is 12.8 Å². The topological polar surface area (TPSA) is 61.8 Å². The van der Waals surface area contributed by atoms with Crippen molar-refractivity contribution in [2.75, 3.05) is 25.0 Å². The SMILES string of the molecule is CCOC(=O)CNc1cccc2c1CC(O)N(CC(C)C)C2. The summed E-state index contributed by atoms with van der Waals surface area (Å²) in [7, 11) is 0. The molecule has 1 heterocycles. The highest BCUT2D eigenvalue weighted by Crippen LogP contribution is 2.29. The minimum Gasteiger partial charge on any atom is -0.465 e. The molecule has 1 aromatic rings. The van der Waals surface area contributed by atoms with Gasteiger partial charge < -0.3 is 15.2 Å². The van der Waals surface area contributed by atoms with E-state index in [9.17, 15) is 9.90 Å². The molecular formula is C17H26N2O3. The molecule has 122 valence electrons. The second kappa shape index (κ2) is 7.61. The Morgan fingerprint density at radius 3 is 2.95 bits per heavy atom. The summed E-state index contributed by atoms with van der Waals surface area (Å²) in [5.74, 6) is 0.249. The Labute approximate surface area is 132 Å². The van der Waals surface area contributed by atoms with Crippen LogP contribution in [-0.4, -0.2) is 41.9 Å². The van der Waals surface area contributed by atoms with Crippen molar-refractivity contribution in [1.29, 1.82) is 0 Å². The second-order valence-electron chi connectivity index (χ2n) is 6.11. The van der Waals surface area contributed by atoms with Crippen molar-refractivity contribution in [1.82, 2.24) is 4.90 Å². The van der Waals surface area contributed by atoms with Crippen LogP contribution in [0.4, 0.5) is 5.69 Å². The normalized spacial score (nSPS) is 18.1. The van der Waals surface area contributed by atoms with Crippen molar-refractivity contribution >= 4 is 11.7 Å². The molecule has 5 nitrogen and oxygen atoms in total. The number of hydrogen-bond acceptors (Lipinski definition) is 5. The fourth-order valence-corrected chi connectivity index (χ4v) is 2.86. The number of fused-ring (bicyclic) bond motifs is 1. The summed E-state index contributed by atoms with van der Waals surface area (Å²) < 4.78 is 4.93. The lowest BCUT2D eigenvalue weighted by atomic mass is 9.96. The van der Waals surface area contributed by atoms with Gasteiger partial charge in [-0.25, -0.2) is 0 Å². The summed E-state index contributed by atoms with van der Waals surface area (Å²) in [4.78, 5) is 13.6. The van der Waals surface area contributed by atoms with Crippen LogP contribution in [0.1, 0.15) is 31.9 Å². The number of esters is 1. The van der Waals surface area contributed by atoms with E-state index in [2.05, 4.69) is 30.1 Å². The van der Waals surface area contributed by atoms with E-state index in [1.807, 2.05) is 12.1 Å². The number of anilines is 1. The Morgan fingerprint density at radius 2 is 2.27 bits per heavy atom. The monoisotopic (exact) mass is 306 g/mol. The quantitative estimate of drug-likeness (QED) is 0.787. The third-order valence-corrected chi connectivity index (χ3v) is 3.78. The molecule has 1 aromatic carbocycles. The maximum Gasteiger partial charge on any atom is 0.325 e. The fraction of sp³-hybridized carbons (Fsp3) is 0.588. The van der Waals surface area contributed by atoms with E-state index >= 15 is 0 Å². The lowest BCUT2D eigenvalue weighted by Crippen LogP contribution is -2.42. The van der Waals surface area contributed by atoms with E-state index in [0.717, 1.165) is 24.3 Å². The first-order chi connectivity index (χ1) is 10.5. The average molecular weight is 306 g/mol. The van der Waals surface area contributed by atoms with Crippen LogP contribution in [0, 0.1) is 5.92 Å². The van der Waals surface area contributed by atoms with Crippen molar-refractivity contribution in [2.45, 2.75) is 40.0 Å². The van der Waals surface area contributed by atoms with Crippen LogP contribution < -0.4 is 5.32 Å². The molecule has 0 bridgehead atoms. The molecule has 0 amide bonds. The van der Waals surface area contributed by atoms with Gasteiger partial charge in [0.15, 0.2) is 0 Å². The van der Waals surface area contributed by atoms with Crippen molar-refractivity contribution < 1.29 is 14.6 Å². The second-order valence-corrected chi connectivity index (χ2v) is 6.11. The minimum atomic E-state index is -0.472. The van der Waals surface area contributed by atoms with Gasteiger partial charge in [-0.15, -0.1) is 0 Å². The predicted molar refractivity (Wildman–Crippen MR) is 86.5 cm³/mol. The highest BCUT2D eigenvalue weighted by molar-refractivity contribution is 5.75. The Hall–Kier alpha value is -1.59. The van der Waals surface area contributed by atoms with E-state index < -0.39 is 6.23 Å². The van der Waals surface area contributed by atoms with Crippen molar-refractivity contribution in [3.8, 4) is 0 Å². The third-order valence-electron chi connectivity index (χ3n) is 3.78. The summed E-state index contributed by atoms with van der Waals surface area (Å²) in [5.41, 5.74) is 3.22. The van der Waals surface area contributed by atoms with Gasteiger partial charge in [0.05, 0.1) is 6.61 Å². The Morgan fingerprint density at radius 1 is 1.50 bits per heavy atom. The first-order valence-electron chi connectivity index (χ1n) is 7.93. The maximum absolute atomic E-state index is 11.5. The van der Waals surface area contributed by atoms with Gasteiger partial charge in [-0.3, -0.25) is 9.69 Å². The number of nitrogens with zero attached hydrogens (tertiary/aromatic N) is 1. The molecule has 0 radical (unpaired) electrons. The zero-order valence-corrected chi connectivity index (χ0v) is 13.6. The van der Waals surface area contributed by atoms with Crippen LogP contribution in [0.3, 0.4) is 0 Å². The van der Waals surface area contributed by atoms with Crippen LogP contribution in [0.15, 0.2) is 18.2 Å². The van der Waals surface area contributed by atoms with Gasteiger partial charge in [-0.2, -0.15) is 0 Å². The van der Waals surface area contributed by atoms with Crippen molar-refractivity contribution in [2.24, 2.45) is 5.92 Å². The highest BCUT2D eigenvalue weighted by Gasteiger charge is 2.26. The van der Waals surface area contributed by atoms with Gasteiger partial charge in [0, 0.05) is 25.2 Å². The largest absolute Gasteiger partial charge is 0.465 e. The summed E-state index contributed by atoms with van der Waals surface area (Å²) in [6, 6.07) is 6.02. The molecule has 0 spiro atoms. The molecule has 2 N–H and O–H groups in total. The molecule has 0 saturated carbocycles. The van der Waals surface area contributed by atoms with E-state index in [0.29, 0.717) is 18.9 Å². The summed E-state index contributed by atoms with van der Waals surface area (Å²) in [5, 5.41) is 13.5. The lowest BCUT2D eigenvalue weighted by molar-refractivity contribution is -0.140. The first kappa shape index (κ1) is 16.8. The molecule has 0 aliphatic carbocycles. The van der Waals surface area contributed by atoms with Gasteiger partial charge in [-0.05, 0) is 30.0 Å². The van der Waals surface area contributed by atoms with Crippen LogP contribution in [0.2, 0.25) is 0 Å². The molecule has 1 unspecified atom stereocenters. The smallest absolute Gasteiger partial charge is 0.325 e. The Kier molecular flexibility index (Phi) is 5.80. The molecule has 0 saturated heterocycles. The Bertz CT molecular complexity index is 517. The molecule has 5 heteroatoms. The van der Waals surface area contributed by atoms with E-state index in [4.69, 9.17) is 4.74 Å². The molecule has 2 rings (SSSR count). The number of carbonyl (C=O) groups excluding carboxylic acids is 1. The van der Waals surface area contributed by atoms with Crippen LogP contribution in [0.25, 0.3) is 0 Å². The number of nitrogens with one attached hydrogen (secondary N) is 1. The molecule has 0 aromatic heterocycles. The van der Waals surface area contributed by atoms with Gasteiger partial charge in [0.2, 0.25) is 0 Å². The van der Waals surface area contributed by atoms with E-state index in [1.54, 1.807) is 6.92 Å². The first-order valence-corrected chi connectivity index (χ1v) is 7.93. The number of ether oxygens (including phenoxy) is 1. The Balaban J connectivity index is 2.09. The summed E-state index contributed by atoms with van der Waals surface area (Å²) in [6.45, 7) is 8.25. The number of aliphatic hydroxyl groups is 1. The number of carbonyl (C=O) groups is 1. The standard InChI is InChI=1S/C17H26N2O3/c1-4-22-17(21)9-18-15-7-5-6-13-11-19(10-12(2)3)16(20)8-14(13)15/h5-7,12,16,18,20H,4,8-11H2,1-3H3. The number of rotatable bonds is 6. The lowest BCUT2D eigenvalue weighted by Gasteiger charge is -2.35. The van der Waals surface area contributed by atoms with E-state index in [1.165, 1.54) is 5.56 Å². The average Bonchev–Trinajstić information content (AvgIpc) is 2.46. The summed E-state index contributed by atoms with van der Waals surface area (Å²) in [6.07, 6.45) is 0.106. The molecular weight excluding hydrogens is 280 g/mol. The van der Waals surface area contributed by atoms with Crippen LogP contribution >= 0.6 is 0 Å². The fourth-order valence-electron chi connectivity index (χ4n) is 2.86. The zero-order valence-electron chi connectivity index (χ0n) is 13.6. The summed E-state index contributed by atoms with van der Waals surface area (Å²) >= 11 is 0. The van der Waals surface area contributed by atoms with Crippen LogP contribution in [0.5, 0.6) is 0 Å². The molecule has 1 aliphatic heterocycles. The zero-order chi connectivity index (χ0) is 16.1. The number of aliphatic hydroxyl groups excluding tert-OH is 1. The predicted octanol–water partition coefficient (Wildman–Crippen LogP) is 1.99. The third kappa shape index (κ3) is 4.21. The molecule has 0 fully saturated rings.